The van der Waals surface area contributed by atoms with Crippen LogP contribution < -0.4 is 29.1 Å². The van der Waals surface area contributed by atoms with E-state index in [0.29, 0.717) is 11.4 Å². The van der Waals surface area contributed by atoms with Gasteiger partial charge in [0, 0.05) is 7.05 Å². The van der Waals surface area contributed by atoms with Crippen LogP contribution >= 0.6 is 0 Å². The number of quaternary nitrogens is 1. The molecule has 1 aromatic heterocycles. The number of fused-ring (bicyclic) bond motifs is 1. The van der Waals surface area contributed by atoms with Crippen LogP contribution in [0.5, 0.6) is 0 Å². The summed E-state index contributed by atoms with van der Waals surface area (Å²) >= 11 is 0. The number of nitrogens with zero attached hydrogens (tertiary/aromatic N) is 4. The minimum Gasteiger partial charge on any atom is -1.00 e. The third kappa shape index (κ3) is 3.18. The van der Waals surface area contributed by atoms with Gasteiger partial charge in [0.15, 0.2) is 12.0 Å². The van der Waals surface area contributed by atoms with Crippen molar-refractivity contribution in [3.63, 3.8) is 0 Å². The molecule has 7 heteroatoms. The minimum absolute atomic E-state index is 0. The number of aliphatic imine (C=N–C) groups is 1. The number of aromatic nitrogens is 2. The van der Waals surface area contributed by atoms with Gasteiger partial charge in [-0.2, -0.15) is 9.98 Å². The molecule has 0 saturated carbocycles. The van der Waals surface area contributed by atoms with Crippen molar-refractivity contribution in [2.24, 2.45) is 17.0 Å². The van der Waals surface area contributed by atoms with Gasteiger partial charge in [-0.05, 0) is 18.9 Å². The van der Waals surface area contributed by atoms with E-state index in [-0.39, 0.29) is 18.4 Å². The lowest BCUT2D eigenvalue weighted by molar-refractivity contribution is -0.432. The molecule has 6 nitrogen and oxygen atoms in total. The number of hydrogen-bond acceptors (Lipinski definition) is 4. The Bertz CT molecular complexity index is 751. The average molecular weight is 319 g/mol. The molecule has 2 heterocycles. The molecule has 0 fully saturated rings. The van der Waals surface area contributed by atoms with Crippen LogP contribution in [0, 0.1) is 0 Å². The van der Waals surface area contributed by atoms with Gasteiger partial charge in [-0.1, -0.05) is 30.3 Å². The van der Waals surface area contributed by atoms with Crippen LogP contribution in [0.15, 0.2) is 40.3 Å². The Morgan fingerprint density at radius 1 is 1.32 bits per heavy atom. The molecule has 1 aromatic carbocycles. The van der Waals surface area contributed by atoms with Crippen molar-refractivity contribution in [3.05, 3.63) is 41.5 Å². The van der Waals surface area contributed by atoms with E-state index in [1.165, 1.54) is 5.56 Å². The second kappa shape index (κ2) is 6.72. The summed E-state index contributed by atoms with van der Waals surface area (Å²) < 4.78 is 1.79. The standard InChI is InChI=1S/C15H18N6.ClH/c1-10(8-11-6-4-3-5-7-11)19-15-20-14-12(17-9-18-14)13(16)21(15)2;/h3-7,9-10H,8,16H2,1-2H3,(H,17,18,19,20);1H. The molecule has 0 amide bonds. The highest BCUT2D eigenvalue weighted by molar-refractivity contribution is 5.76. The van der Waals surface area contributed by atoms with Crippen LogP contribution in [0.4, 0.5) is 17.3 Å². The summed E-state index contributed by atoms with van der Waals surface area (Å²) in [5.41, 5.74) is 8.72. The third-order valence-corrected chi connectivity index (χ3v) is 3.51. The Hall–Kier alpha value is -2.18. The highest BCUT2D eigenvalue weighted by Gasteiger charge is 2.19. The summed E-state index contributed by atoms with van der Waals surface area (Å²) in [5, 5.41) is 1.85. The maximum Gasteiger partial charge on any atom is 0.263 e. The first-order valence-electron chi connectivity index (χ1n) is 6.97. The summed E-state index contributed by atoms with van der Waals surface area (Å²) in [5.74, 6) is 1.38. The van der Waals surface area contributed by atoms with E-state index in [9.17, 15) is 0 Å². The fraction of sp³-hybridized carbons (Fsp3) is 0.267. The van der Waals surface area contributed by atoms with Gasteiger partial charge in [0.1, 0.15) is 5.82 Å². The maximum absolute atomic E-state index is 6.09. The molecule has 2 aromatic rings. The quantitative estimate of drug-likeness (QED) is 0.651. The van der Waals surface area contributed by atoms with Crippen LogP contribution in [0.3, 0.4) is 0 Å². The van der Waals surface area contributed by atoms with Crippen molar-refractivity contribution >= 4 is 23.7 Å². The molecule has 1 atom stereocenters. The van der Waals surface area contributed by atoms with Crippen LogP contribution in [0.1, 0.15) is 12.5 Å². The Balaban J connectivity index is 0.00000176. The van der Waals surface area contributed by atoms with Crippen molar-refractivity contribution in [1.82, 2.24) is 9.55 Å². The minimum atomic E-state index is 0. The summed E-state index contributed by atoms with van der Waals surface area (Å²) in [6.45, 7) is 2.08. The second-order valence-corrected chi connectivity index (χ2v) is 5.20. The summed E-state index contributed by atoms with van der Waals surface area (Å²) in [6, 6.07) is 10.4. The van der Waals surface area contributed by atoms with Crippen molar-refractivity contribution in [3.8, 4) is 0 Å². The molecule has 22 heavy (non-hydrogen) atoms. The molecular formula is C15H19ClN6. The van der Waals surface area contributed by atoms with E-state index in [2.05, 4.69) is 34.0 Å². The van der Waals surface area contributed by atoms with E-state index in [4.69, 9.17) is 5.73 Å². The smallest absolute Gasteiger partial charge is 0.263 e. The Morgan fingerprint density at radius 3 is 2.77 bits per heavy atom. The predicted octanol–water partition coefficient (Wildman–Crippen LogP) is -2.59. The van der Waals surface area contributed by atoms with Crippen molar-refractivity contribution < 1.29 is 17.7 Å². The van der Waals surface area contributed by atoms with Gasteiger partial charge in [-0.15, -0.1) is 0 Å². The lowest BCUT2D eigenvalue weighted by Crippen LogP contribution is -3.00. The molecular weight excluding hydrogens is 300 g/mol. The zero-order valence-corrected chi connectivity index (χ0v) is 13.3. The van der Waals surface area contributed by atoms with E-state index >= 15 is 0 Å². The van der Waals surface area contributed by atoms with Gasteiger partial charge in [-0.25, -0.2) is 4.99 Å². The van der Waals surface area contributed by atoms with Gasteiger partial charge >= 0.3 is 0 Å². The Labute approximate surface area is 135 Å². The number of nitrogen functional groups attached to an aromatic ring is 1. The first kappa shape index (κ1) is 16.2. The predicted molar refractivity (Wildman–Crippen MR) is 82.5 cm³/mol. The summed E-state index contributed by atoms with van der Waals surface area (Å²) in [6.07, 6.45) is 2.59. The van der Waals surface area contributed by atoms with Gasteiger partial charge in [-0.3, -0.25) is 9.88 Å². The maximum atomic E-state index is 6.09. The lowest BCUT2D eigenvalue weighted by atomic mass is 10.1. The molecule has 116 valence electrons. The highest BCUT2D eigenvalue weighted by Crippen LogP contribution is 2.25. The molecule has 1 aliphatic heterocycles. The van der Waals surface area contributed by atoms with E-state index < -0.39 is 0 Å². The second-order valence-electron chi connectivity index (χ2n) is 5.20. The van der Waals surface area contributed by atoms with Crippen molar-refractivity contribution in [2.45, 2.75) is 19.4 Å². The van der Waals surface area contributed by atoms with Crippen LogP contribution in [0.25, 0.3) is 0 Å². The van der Waals surface area contributed by atoms with Gasteiger partial charge in [0.05, 0.1) is 6.04 Å². The normalized spacial score (nSPS) is 14.5. The third-order valence-electron chi connectivity index (χ3n) is 3.51. The topological polar surface area (TPSA) is 85.2 Å². The van der Waals surface area contributed by atoms with E-state index in [1.54, 1.807) is 10.9 Å². The Kier molecular flexibility index (Phi) is 4.95. The van der Waals surface area contributed by atoms with Crippen LogP contribution in [-0.4, -0.2) is 21.9 Å². The fourth-order valence-corrected chi connectivity index (χ4v) is 2.38. The largest absolute Gasteiger partial charge is 1.00 e. The molecule has 0 bridgehead atoms. The molecule has 4 N–H and O–H groups in total. The van der Waals surface area contributed by atoms with E-state index in [0.717, 1.165) is 17.9 Å². The van der Waals surface area contributed by atoms with Gasteiger partial charge < -0.3 is 18.1 Å². The SMILES string of the molecule is CC(Cc1ccccc1)N=c1nc2c(c(N)n1C)N=C[NH2+]2.[Cl-]. The zero-order chi connectivity index (χ0) is 14.8. The fourth-order valence-electron chi connectivity index (χ4n) is 2.38. The summed E-state index contributed by atoms with van der Waals surface area (Å²) in [7, 11) is 1.87. The highest BCUT2D eigenvalue weighted by atomic mass is 35.5. The number of anilines is 1. The summed E-state index contributed by atoms with van der Waals surface area (Å²) in [4.78, 5) is 13.4. The van der Waals surface area contributed by atoms with Crippen molar-refractivity contribution in [1.29, 1.82) is 0 Å². The molecule has 0 saturated heterocycles. The first-order chi connectivity index (χ1) is 10.1. The van der Waals surface area contributed by atoms with Crippen molar-refractivity contribution in [2.75, 3.05) is 5.73 Å². The van der Waals surface area contributed by atoms with Crippen LogP contribution in [-0.2, 0) is 13.5 Å². The Morgan fingerprint density at radius 2 is 2.05 bits per heavy atom. The van der Waals surface area contributed by atoms with Gasteiger partial charge in [0.25, 0.3) is 5.82 Å². The number of hydrogen-bond donors (Lipinski definition) is 2. The number of halogens is 1. The number of benzene rings is 1. The molecule has 0 radical (unpaired) electrons. The van der Waals surface area contributed by atoms with E-state index in [1.807, 2.05) is 30.6 Å². The first-order valence-corrected chi connectivity index (χ1v) is 6.97. The zero-order valence-electron chi connectivity index (χ0n) is 12.6. The number of rotatable bonds is 3. The molecule has 3 rings (SSSR count). The number of nitrogens with two attached hydrogens (primary N) is 2. The average Bonchev–Trinajstić information content (AvgIpc) is 2.94. The molecule has 0 spiro atoms. The molecule has 1 unspecified atom stereocenters. The monoisotopic (exact) mass is 318 g/mol. The molecule has 0 aliphatic carbocycles. The lowest BCUT2D eigenvalue weighted by Gasteiger charge is -2.09. The molecule has 1 aliphatic rings. The van der Waals surface area contributed by atoms with Crippen LogP contribution in [0.2, 0.25) is 0 Å². The van der Waals surface area contributed by atoms with Gasteiger partial charge in [0.2, 0.25) is 5.62 Å².